The SMILES string of the molecule is F[C@H]1CCCN(Cc2ccccc2)C1. The van der Waals surface area contributed by atoms with Gasteiger partial charge in [-0.2, -0.15) is 0 Å². The fourth-order valence-electron chi connectivity index (χ4n) is 1.98. The van der Waals surface area contributed by atoms with Gasteiger partial charge in [-0.15, -0.1) is 0 Å². The van der Waals surface area contributed by atoms with Gasteiger partial charge >= 0.3 is 0 Å². The highest BCUT2D eigenvalue weighted by Crippen LogP contribution is 2.15. The number of hydrogen-bond acceptors (Lipinski definition) is 1. The summed E-state index contributed by atoms with van der Waals surface area (Å²) in [5.41, 5.74) is 1.28. The third-order valence-electron chi connectivity index (χ3n) is 2.70. The summed E-state index contributed by atoms with van der Waals surface area (Å²) < 4.78 is 13.1. The molecule has 1 aromatic rings. The number of benzene rings is 1. The molecule has 1 aliphatic heterocycles. The van der Waals surface area contributed by atoms with Crippen LogP contribution in [0, 0.1) is 0 Å². The predicted molar refractivity (Wildman–Crippen MR) is 55.8 cm³/mol. The highest BCUT2D eigenvalue weighted by Gasteiger charge is 2.18. The van der Waals surface area contributed by atoms with Gasteiger partial charge in [0.25, 0.3) is 0 Å². The maximum Gasteiger partial charge on any atom is 0.113 e. The molecule has 0 amide bonds. The fraction of sp³-hybridized carbons (Fsp3) is 0.500. The molecule has 1 saturated heterocycles. The van der Waals surface area contributed by atoms with Crippen LogP contribution in [0.4, 0.5) is 4.39 Å². The average Bonchev–Trinajstić information content (AvgIpc) is 2.19. The summed E-state index contributed by atoms with van der Waals surface area (Å²) in [6.07, 6.45) is 1.12. The number of piperidine rings is 1. The van der Waals surface area contributed by atoms with Crippen molar-refractivity contribution >= 4 is 0 Å². The van der Waals surface area contributed by atoms with Crippen LogP contribution in [-0.2, 0) is 6.54 Å². The lowest BCUT2D eigenvalue weighted by Crippen LogP contribution is -2.35. The molecule has 1 aromatic carbocycles. The zero-order chi connectivity index (χ0) is 9.80. The molecule has 0 aromatic heterocycles. The van der Waals surface area contributed by atoms with Gasteiger partial charge < -0.3 is 0 Å². The van der Waals surface area contributed by atoms with Crippen LogP contribution in [0.25, 0.3) is 0 Å². The first-order chi connectivity index (χ1) is 6.84. The average molecular weight is 193 g/mol. The molecule has 2 rings (SSSR count). The number of hydrogen-bond donors (Lipinski definition) is 0. The van der Waals surface area contributed by atoms with Gasteiger partial charge in [0.1, 0.15) is 6.17 Å². The molecular formula is C12H16FN. The lowest BCUT2D eigenvalue weighted by molar-refractivity contribution is 0.133. The van der Waals surface area contributed by atoms with E-state index >= 15 is 0 Å². The Bertz CT molecular complexity index is 273. The number of alkyl halides is 1. The fourth-order valence-corrected chi connectivity index (χ4v) is 1.98. The second-order valence-electron chi connectivity index (χ2n) is 3.96. The molecule has 76 valence electrons. The van der Waals surface area contributed by atoms with Crippen molar-refractivity contribution in [3.63, 3.8) is 0 Å². The van der Waals surface area contributed by atoms with Gasteiger partial charge in [0.05, 0.1) is 0 Å². The van der Waals surface area contributed by atoms with E-state index in [1.54, 1.807) is 0 Å². The predicted octanol–water partition coefficient (Wildman–Crippen LogP) is 2.62. The van der Waals surface area contributed by atoms with Crippen molar-refractivity contribution in [1.29, 1.82) is 0 Å². The number of nitrogens with zero attached hydrogens (tertiary/aromatic N) is 1. The minimum atomic E-state index is -0.618. The van der Waals surface area contributed by atoms with E-state index in [-0.39, 0.29) is 0 Å². The second kappa shape index (κ2) is 4.56. The maximum absolute atomic E-state index is 13.1. The molecule has 0 bridgehead atoms. The van der Waals surface area contributed by atoms with Gasteiger partial charge in [-0.1, -0.05) is 30.3 Å². The molecule has 1 fully saturated rings. The van der Waals surface area contributed by atoms with Crippen molar-refractivity contribution in [2.24, 2.45) is 0 Å². The molecule has 2 heteroatoms. The van der Waals surface area contributed by atoms with Crippen LogP contribution in [0.15, 0.2) is 30.3 Å². The van der Waals surface area contributed by atoms with Crippen LogP contribution < -0.4 is 0 Å². The normalized spacial score (nSPS) is 23.6. The summed E-state index contributed by atoms with van der Waals surface area (Å²) in [4.78, 5) is 2.20. The number of halogens is 1. The maximum atomic E-state index is 13.1. The standard InChI is InChI=1S/C12H16FN/c13-12-7-4-8-14(10-12)9-11-5-2-1-3-6-11/h1-3,5-6,12H,4,7-10H2/t12-/m0/s1. The Balaban J connectivity index is 1.91. The molecule has 0 saturated carbocycles. The van der Waals surface area contributed by atoms with Crippen LogP contribution in [0.5, 0.6) is 0 Å². The molecular weight excluding hydrogens is 177 g/mol. The minimum Gasteiger partial charge on any atom is -0.296 e. The van der Waals surface area contributed by atoms with E-state index in [0.717, 1.165) is 25.9 Å². The monoisotopic (exact) mass is 193 g/mol. The quantitative estimate of drug-likeness (QED) is 0.698. The lowest BCUT2D eigenvalue weighted by atomic mass is 10.1. The zero-order valence-electron chi connectivity index (χ0n) is 8.32. The Hall–Kier alpha value is -0.890. The lowest BCUT2D eigenvalue weighted by Gasteiger charge is -2.28. The third-order valence-corrected chi connectivity index (χ3v) is 2.70. The van der Waals surface area contributed by atoms with Crippen molar-refractivity contribution in [2.45, 2.75) is 25.6 Å². The highest BCUT2D eigenvalue weighted by atomic mass is 19.1. The molecule has 0 radical (unpaired) electrons. The molecule has 1 aliphatic rings. The first kappa shape index (κ1) is 9.66. The van der Waals surface area contributed by atoms with Crippen molar-refractivity contribution in [1.82, 2.24) is 4.90 Å². The first-order valence-electron chi connectivity index (χ1n) is 5.25. The van der Waals surface area contributed by atoms with Crippen LogP contribution in [0.3, 0.4) is 0 Å². The van der Waals surface area contributed by atoms with E-state index in [2.05, 4.69) is 17.0 Å². The largest absolute Gasteiger partial charge is 0.296 e. The van der Waals surface area contributed by atoms with Gasteiger partial charge in [-0.25, -0.2) is 4.39 Å². The summed E-state index contributed by atoms with van der Waals surface area (Å²) in [7, 11) is 0. The Kier molecular flexibility index (Phi) is 3.14. The molecule has 0 aliphatic carbocycles. The third kappa shape index (κ3) is 2.55. The highest BCUT2D eigenvalue weighted by molar-refractivity contribution is 5.14. The molecule has 14 heavy (non-hydrogen) atoms. The van der Waals surface area contributed by atoms with Gasteiger partial charge in [0, 0.05) is 13.1 Å². The summed E-state index contributed by atoms with van der Waals surface area (Å²) in [6.45, 7) is 2.53. The van der Waals surface area contributed by atoms with Crippen molar-refractivity contribution in [3.8, 4) is 0 Å². The van der Waals surface area contributed by atoms with Crippen molar-refractivity contribution < 1.29 is 4.39 Å². The van der Waals surface area contributed by atoms with Crippen LogP contribution >= 0.6 is 0 Å². The van der Waals surface area contributed by atoms with Crippen molar-refractivity contribution in [2.75, 3.05) is 13.1 Å². The molecule has 1 heterocycles. The summed E-state index contributed by atoms with van der Waals surface area (Å²) in [5, 5.41) is 0. The second-order valence-corrected chi connectivity index (χ2v) is 3.96. The van der Waals surface area contributed by atoms with E-state index in [4.69, 9.17) is 0 Å². The van der Waals surface area contributed by atoms with Crippen molar-refractivity contribution in [3.05, 3.63) is 35.9 Å². The number of likely N-dealkylation sites (tertiary alicyclic amines) is 1. The molecule has 1 nitrogen and oxygen atoms in total. The zero-order valence-corrected chi connectivity index (χ0v) is 8.32. The Morgan fingerprint density at radius 3 is 2.79 bits per heavy atom. The smallest absolute Gasteiger partial charge is 0.113 e. The molecule has 0 N–H and O–H groups in total. The van der Waals surface area contributed by atoms with E-state index < -0.39 is 6.17 Å². The summed E-state index contributed by atoms with van der Waals surface area (Å²) in [6, 6.07) is 10.3. The van der Waals surface area contributed by atoms with E-state index in [0.29, 0.717) is 6.54 Å². The summed E-state index contributed by atoms with van der Waals surface area (Å²) >= 11 is 0. The van der Waals surface area contributed by atoms with Gasteiger partial charge in [-0.05, 0) is 24.9 Å². The van der Waals surface area contributed by atoms with E-state index in [1.807, 2.05) is 18.2 Å². The van der Waals surface area contributed by atoms with Crippen LogP contribution in [0.2, 0.25) is 0 Å². The van der Waals surface area contributed by atoms with E-state index in [1.165, 1.54) is 5.56 Å². The van der Waals surface area contributed by atoms with Crippen LogP contribution in [-0.4, -0.2) is 24.2 Å². The van der Waals surface area contributed by atoms with Crippen LogP contribution in [0.1, 0.15) is 18.4 Å². The molecule has 1 atom stereocenters. The Labute approximate surface area is 84.5 Å². The van der Waals surface area contributed by atoms with Gasteiger partial charge in [0.2, 0.25) is 0 Å². The molecule has 0 spiro atoms. The molecule has 0 unspecified atom stereocenters. The number of rotatable bonds is 2. The summed E-state index contributed by atoms with van der Waals surface area (Å²) in [5.74, 6) is 0. The Morgan fingerprint density at radius 1 is 1.29 bits per heavy atom. The Morgan fingerprint density at radius 2 is 2.07 bits per heavy atom. The van der Waals surface area contributed by atoms with Gasteiger partial charge in [-0.3, -0.25) is 4.90 Å². The van der Waals surface area contributed by atoms with Gasteiger partial charge in [0.15, 0.2) is 0 Å². The first-order valence-corrected chi connectivity index (χ1v) is 5.25. The van der Waals surface area contributed by atoms with E-state index in [9.17, 15) is 4.39 Å². The topological polar surface area (TPSA) is 3.24 Å². The minimum absolute atomic E-state index is 0.606.